The van der Waals surface area contributed by atoms with E-state index in [4.69, 9.17) is 14.2 Å². The molecule has 3 atom stereocenters. The number of carbonyl (C=O) groups excluding carboxylic acids is 2. The maximum absolute atomic E-state index is 13.5. The Morgan fingerprint density at radius 2 is 1.68 bits per heavy atom. The van der Waals surface area contributed by atoms with Crippen molar-refractivity contribution < 1.29 is 23.8 Å². The molecule has 2 aromatic rings. The van der Waals surface area contributed by atoms with Crippen molar-refractivity contribution in [1.82, 2.24) is 10.2 Å². The van der Waals surface area contributed by atoms with Crippen molar-refractivity contribution in [3.05, 3.63) is 53.1 Å². The molecule has 0 unspecified atom stereocenters. The van der Waals surface area contributed by atoms with Gasteiger partial charge >= 0.3 is 0 Å². The fraction of sp³-hybridized carbons (Fsp3) is 0.417. The summed E-state index contributed by atoms with van der Waals surface area (Å²) in [5.74, 6) is 0.716. The summed E-state index contributed by atoms with van der Waals surface area (Å²) in [6, 6.07) is 10.4. The molecule has 0 radical (unpaired) electrons. The summed E-state index contributed by atoms with van der Waals surface area (Å²) in [5.41, 5.74) is 1.91. The van der Waals surface area contributed by atoms with Gasteiger partial charge in [-0.25, -0.2) is 0 Å². The molecule has 3 rings (SSSR count). The highest BCUT2D eigenvalue weighted by molar-refractivity contribution is 6.02. The molecule has 0 aliphatic carbocycles. The van der Waals surface area contributed by atoms with Crippen molar-refractivity contribution in [3.8, 4) is 17.2 Å². The number of carbonyl (C=O) groups is 2. The molecule has 0 bridgehead atoms. The number of amides is 2. The topological polar surface area (TPSA) is 77.1 Å². The minimum absolute atomic E-state index is 0.00976. The maximum Gasteiger partial charge on any atom is 0.254 e. The van der Waals surface area contributed by atoms with Gasteiger partial charge in [0.1, 0.15) is 5.75 Å². The lowest BCUT2D eigenvalue weighted by Crippen LogP contribution is -2.47. The molecule has 1 N–H and O–H groups in total. The second-order valence-electron chi connectivity index (χ2n) is 7.72. The predicted octanol–water partition coefficient (Wildman–Crippen LogP) is 3.54. The van der Waals surface area contributed by atoms with Crippen LogP contribution in [0.2, 0.25) is 0 Å². The Bertz CT molecular complexity index is 957. The van der Waals surface area contributed by atoms with Crippen LogP contribution in [0, 0.1) is 0 Å². The van der Waals surface area contributed by atoms with E-state index in [1.54, 1.807) is 31.2 Å². The van der Waals surface area contributed by atoms with Crippen LogP contribution in [0.25, 0.3) is 0 Å². The number of methoxy groups -OCH3 is 3. The SMILES string of the molecule is CC[C@H](C)NC(=O)[C@@H]1c2cc(OC)c(OC)cc2C(=O)N(C)[C@H]1c1ccc(OC)cc1. The molecule has 1 aliphatic rings. The van der Waals surface area contributed by atoms with Gasteiger partial charge in [-0.2, -0.15) is 0 Å². The number of fused-ring (bicyclic) bond motifs is 1. The number of rotatable bonds is 7. The second kappa shape index (κ2) is 9.29. The summed E-state index contributed by atoms with van der Waals surface area (Å²) < 4.78 is 16.1. The van der Waals surface area contributed by atoms with E-state index in [0.29, 0.717) is 28.4 Å². The molecular weight excluding hydrogens is 396 g/mol. The molecule has 0 aromatic heterocycles. The number of hydrogen-bond donors (Lipinski definition) is 1. The third-order valence-corrected chi connectivity index (χ3v) is 5.92. The summed E-state index contributed by atoms with van der Waals surface area (Å²) in [5, 5.41) is 3.09. The molecule has 166 valence electrons. The number of likely N-dealkylation sites (N-methyl/N-ethyl adjacent to an activating group) is 1. The van der Waals surface area contributed by atoms with Gasteiger partial charge in [-0.1, -0.05) is 19.1 Å². The Kier molecular flexibility index (Phi) is 6.73. The molecule has 0 saturated heterocycles. The molecule has 2 aromatic carbocycles. The standard InChI is InChI=1S/C24H30N2O5/c1-7-14(2)25-23(27)21-17-12-19(30-5)20(31-6)13-18(17)24(28)26(3)22(21)15-8-10-16(29-4)11-9-15/h8-14,21-22H,7H2,1-6H3,(H,25,27)/t14-,21+,22-/m0/s1. The Morgan fingerprint density at radius 3 is 2.23 bits per heavy atom. The molecule has 0 spiro atoms. The van der Waals surface area contributed by atoms with Gasteiger partial charge in [0.15, 0.2) is 11.5 Å². The number of nitrogens with zero attached hydrogens (tertiary/aromatic N) is 1. The Hall–Kier alpha value is -3.22. The largest absolute Gasteiger partial charge is 0.497 e. The lowest BCUT2D eigenvalue weighted by molar-refractivity contribution is -0.124. The first-order chi connectivity index (χ1) is 14.9. The molecular formula is C24H30N2O5. The fourth-order valence-electron chi connectivity index (χ4n) is 3.98. The van der Waals surface area contributed by atoms with E-state index in [2.05, 4.69) is 5.32 Å². The van der Waals surface area contributed by atoms with Gasteiger partial charge in [0.2, 0.25) is 5.91 Å². The zero-order valence-electron chi connectivity index (χ0n) is 18.9. The molecule has 7 heteroatoms. The highest BCUT2D eigenvalue weighted by Crippen LogP contribution is 2.45. The quantitative estimate of drug-likeness (QED) is 0.733. The average molecular weight is 427 g/mol. The minimum atomic E-state index is -0.611. The number of hydrogen-bond acceptors (Lipinski definition) is 5. The monoisotopic (exact) mass is 426 g/mol. The normalized spacial score (nSPS) is 18.8. The van der Waals surface area contributed by atoms with Crippen molar-refractivity contribution in [2.24, 2.45) is 0 Å². The lowest BCUT2D eigenvalue weighted by Gasteiger charge is -2.40. The van der Waals surface area contributed by atoms with Gasteiger partial charge in [-0.05, 0) is 48.7 Å². The summed E-state index contributed by atoms with van der Waals surface area (Å²) in [6.45, 7) is 3.98. The zero-order valence-corrected chi connectivity index (χ0v) is 18.9. The van der Waals surface area contributed by atoms with Crippen molar-refractivity contribution in [3.63, 3.8) is 0 Å². The lowest BCUT2D eigenvalue weighted by atomic mass is 9.79. The first-order valence-electron chi connectivity index (χ1n) is 10.3. The molecule has 0 saturated carbocycles. The van der Waals surface area contributed by atoms with Gasteiger partial charge in [0, 0.05) is 18.7 Å². The van der Waals surface area contributed by atoms with Crippen LogP contribution < -0.4 is 19.5 Å². The zero-order chi connectivity index (χ0) is 22.7. The maximum atomic E-state index is 13.5. The van der Waals surface area contributed by atoms with Crippen LogP contribution in [0.1, 0.15) is 53.7 Å². The molecule has 31 heavy (non-hydrogen) atoms. The number of benzene rings is 2. The molecule has 1 heterocycles. The van der Waals surface area contributed by atoms with E-state index in [9.17, 15) is 9.59 Å². The van der Waals surface area contributed by atoms with E-state index in [1.807, 2.05) is 38.1 Å². The van der Waals surface area contributed by atoms with Crippen molar-refractivity contribution >= 4 is 11.8 Å². The van der Waals surface area contributed by atoms with Gasteiger partial charge in [-0.3, -0.25) is 9.59 Å². The van der Waals surface area contributed by atoms with Crippen molar-refractivity contribution in [2.75, 3.05) is 28.4 Å². The highest BCUT2D eigenvalue weighted by Gasteiger charge is 2.43. The Balaban J connectivity index is 2.19. The van der Waals surface area contributed by atoms with Crippen LogP contribution >= 0.6 is 0 Å². The second-order valence-corrected chi connectivity index (χ2v) is 7.72. The van der Waals surface area contributed by atoms with E-state index >= 15 is 0 Å². The average Bonchev–Trinajstić information content (AvgIpc) is 2.80. The first-order valence-corrected chi connectivity index (χ1v) is 10.3. The van der Waals surface area contributed by atoms with E-state index in [1.165, 1.54) is 14.2 Å². The smallest absolute Gasteiger partial charge is 0.254 e. The van der Waals surface area contributed by atoms with E-state index in [0.717, 1.165) is 12.0 Å². The molecule has 0 fully saturated rings. The van der Waals surface area contributed by atoms with Crippen LogP contribution in [-0.2, 0) is 4.79 Å². The van der Waals surface area contributed by atoms with Crippen LogP contribution in [0.3, 0.4) is 0 Å². The van der Waals surface area contributed by atoms with Gasteiger partial charge in [0.25, 0.3) is 5.91 Å². The summed E-state index contributed by atoms with van der Waals surface area (Å²) in [7, 11) is 6.38. The predicted molar refractivity (Wildman–Crippen MR) is 118 cm³/mol. The molecule has 2 amide bonds. The third-order valence-electron chi connectivity index (χ3n) is 5.92. The Morgan fingerprint density at radius 1 is 1.06 bits per heavy atom. The van der Waals surface area contributed by atoms with Crippen molar-refractivity contribution in [1.29, 1.82) is 0 Å². The van der Waals surface area contributed by atoms with Crippen LogP contribution in [0.5, 0.6) is 17.2 Å². The number of nitrogens with one attached hydrogen (secondary N) is 1. The first kappa shape index (κ1) is 22.5. The van der Waals surface area contributed by atoms with Gasteiger partial charge in [-0.15, -0.1) is 0 Å². The van der Waals surface area contributed by atoms with Crippen LogP contribution in [0.4, 0.5) is 0 Å². The Labute approximate surface area is 183 Å². The summed E-state index contributed by atoms with van der Waals surface area (Å²) in [4.78, 5) is 28.4. The third kappa shape index (κ3) is 4.17. The van der Waals surface area contributed by atoms with Crippen LogP contribution in [-0.4, -0.2) is 51.1 Å². The molecule has 7 nitrogen and oxygen atoms in total. The summed E-state index contributed by atoms with van der Waals surface area (Å²) >= 11 is 0. The van der Waals surface area contributed by atoms with Gasteiger partial charge < -0.3 is 24.4 Å². The van der Waals surface area contributed by atoms with Gasteiger partial charge in [0.05, 0.1) is 33.3 Å². The van der Waals surface area contributed by atoms with Crippen LogP contribution in [0.15, 0.2) is 36.4 Å². The highest BCUT2D eigenvalue weighted by atomic mass is 16.5. The molecule has 1 aliphatic heterocycles. The van der Waals surface area contributed by atoms with E-state index < -0.39 is 12.0 Å². The van der Waals surface area contributed by atoms with E-state index in [-0.39, 0.29) is 17.9 Å². The number of ether oxygens (including phenoxy) is 3. The minimum Gasteiger partial charge on any atom is -0.497 e. The summed E-state index contributed by atoms with van der Waals surface area (Å²) in [6.07, 6.45) is 0.805. The fourth-order valence-corrected chi connectivity index (χ4v) is 3.98. The van der Waals surface area contributed by atoms with Crippen molar-refractivity contribution in [2.45, 2.75) is 38.3 Å².